The van der Waals surface area contributed by atoms with Gasteiger partial charge in [0.25, 0.3) is 0 Å². The van der Waals surface area contributed by atoms with Gasteiger partial charge in [0.1, 0.15) is 0 Å². The van der Waals surface area contributed by atoms with E-state index in [1.807, 2.05) is 0 Å². The summed E-state index contributed by atoms with van der Waals surface area (Å²) in [5.74, 6) is -1.64. The van der Waals surface area contributed by atoms with E-state index < -0.39 is 11.9 Å². The quantitative estimate of drug-likeness (QED) is 0.611. The minimum absolute atomic E-state index is 0.112. The lowest BCUT2D eigenvalue weighted by atomic mass is 10.0. The van der Waals surface area contributed by atoms with E-state index in [1.165, 1.54) is 6.07 Å². The van der Waals surface area contributed by atoms with Crippen LogP contribution in [0.3, 0.4) is 0 Å². The molecule has 1 heterocycles. The standard InChI is InChI=1S/C14H12O5/c1-2-18-11(15)8-4-6-9-5-3-7-10-12(9)14(17)19-13(10)16/h3-7H,2,8H2,1H3. The maximum Gasteiger partial charge on any atom is 0.347 e. The molecule has 5 nitrogen and oxygen atoms in total. The van der Waals surface area contributed by atoms with Gasteiger partial charge in [-0.2, -0.15) is 0 Å². The summed E-state index contributed by atoms with van der Waals surface area (Å²) in [4.78, 5) is 34.0. The highest BCUT2D eigenvalue weighted by Crippen LogP contribution is 2.24. The number of hydrogen-bond donors (Lipinski definition) is 0. The molecule has 0 saturated heterocycles. The van der Waals surface area contributed by atoms with Gasteiger partial charge in [0.15, 0.2) is 0 Å². The van der Waals surface area contributed by atoms with Crippen LogP contribution in [-0.2, 0) is 14.3 Å². The fourth-order valence-corrected chi connectivity index (χ4v) is 1.80. The van der Waals surface area contributed by atoms with E-state index >= 15 is 0 Å². The highest BCUT2D eigenvalue weighted by molar-refractivity contribution is 6.16. The number of cyclic esters (lactones) is 2. The lowest BCUT2D eigenvalue weighted by molar-refractivity contribution is -0.142. The van der Waals surface area contributed by atoms with Crippen molar-refractivity contribution in [3.8, 4) is 0 Å². The molecular formula is C14H12O5. The van der Waals surface area contributed by atoms with Crippen LogP contribution in [0.5, 0.6) is 0 Å². The number of ether oxygens (including phenoxy) is 2. The van der Waals surface area contributed by atoms with Crippen LogP contribution in [-0.4, -0.2) is 24.5 Å². The molecule has 1 aliphatic rings. The van der Waals surface area contributed by atoms with Gasteiger partial charge in [0.2, 0.25) is 0 Å². The predicted molar refractivity (Wildman–Crippen MR) is 66.5 cm³/mol. The van der Waals surface area contributed by atoms with Gasteiger partial charge in [0, 0.05) is 0 Å². The van der Waals surface area contributed by atoms with E-state index in [-0.39, 0.29) is 23.5 Å². The lowest BCUT2D eigenvalue weighted by Gasteiger charge is -1.99. The third-order valence-electron chi connectivity index (χ3n) is 2.59. The van der Waals surface area contributed by atoms with E-state index in [4.69, 9.17) is 4.74 Å². The van der Waals surface area contributed by atoms with Crippen LogP contribution >= 0.6 is 0 Å². The average molecular weight is 260 g/mol. The Bertz CT molecular complexity index is 571. The summed E-state index contributed by atoms with van der Waals surface area (Å²) in [5, 5.41) is 0. The Hall–Kier alpha value is -2.43. The van der Waals surface area contributed by atoms with Gasteiger partial charge in [-0.15, -0.1) is 0 Å². The zero-order valence-corrected chi connectivity index (χ0v) is 10.3. The molecular weight excluding hydrogens is 248 g/mol. The van der Waals surface area contributed by atoms with Crippen LogP contribution < -0.4 is 0 Å². The molecule has 0 bridgehead atoms. The van der Waals surface area contributed by atoms with Crippen LogP contribution in [0.25, 0.3) is 6.08 Å². The van der Waals surface area contributed by atoms with E-state index in [0.717, 1.165) is 0 Å². The molecule has 0 N–H and O–H groups in total. The van der Waals surface area contributed by atoms with Gasteiger partial charge < -0.3 is 9.47 Å². The first-order valence-electron chi connectivity index (χ1n) is 5.85. The lowest BCUT2D eigenvalue weighted by Crippen LogP contribution is -2.01. The van der Waals surface area contributed by atoms with Crippen molar-refractivity contribution in [2.45, 2.75) is 13.3 Å². The second-order valence-corrected chi connectivity index (χ2v) is 3.86. The summed E-state index contributed by atoms with van der Waals surface area (Å²) >= 11 is 0. The number of hydrogen-bond acceptors (Lipinski definition) is 5. The van der Waals surface area contributed by atoms with Gasteiger partial charge in [-0.3, -0.25) is 4.79 Å². The third kappa shape index (κ3) is 2.70. The molecule has 0 amide bonds. The SMILES string of the molecule is CCOC(=O)CC=Cc1cccc2c1C(=O)OC2=O. The fraction of sp³-hybridized carbons (Fsp3) is 0.214. The first kappa shape index (κ1) is 13.0. The first-order valence-corrected chi connectivity index (χ1v) is 5.85. The molecule has 0 radical (unpaired) electrons. The van der Waals surface area contributed by atoms with Crippen LogP contribution in [0.2, 0.25) is 0 Å². The number of esters is 3. The Morgan fingerprint density at radius 1 is 1.32 bits per heavy atom. The molecule has 0 spiro atoms. The molecule has 0 atom stereocenters. The van der Waals surface area contributed by atoms with E-state index in [0.29, 0.717) is 12.2 Å². The minimum atomic E-state index is -0.656. The van der Waals surface area contributed by atoms with Crippen molar-refractivity contribution in [2.24, 2.45) is 0 Å². The zero-order valence-electron chi connectivity index (χ0n) is 10.3. The highest BCUT2D eigenvalue weighted by Gasteiger charge is 2.31. The Morgan fingerprint density at radius 3 is 2.84 bits per heavy atom. The molecule has 0 fully saturated rings. The smallest absolute Gasteiger partial charge is 0.347 e. The van der Waals surface area contributed by atoms with E-state index in [1.54, 1.807) is 31.2 Å². The summed E-state index contributed by atoms with van der Waals surface area (Å²) in [5.41, 5.74) is 1.05. The van der Waals surface area contributed by atoms with Crippen LogP contribution in [0.15, 0.2) is 24.3 Å². The molecule has 0 unspecified atom stereocenters. The molecule has 1 aromatic rings. The van der Waals surface area contributed by atoms with Gasteiger partial charge in [0.05, 0.1) is 24.2 Å². The molecule has 0 aliphatic carbocycles. The first-order chi connectivity index (χ1) is 9.13. The predicted octanol–water partition coefficient (Wildman–Crippen LogP) is 1.96. The van der Waals surface area contributed by atoms with Gasteiger partial charge >= 0.3 is 17.9 Å². The number of carbonyl (C=O) groups is 3. The fourth-order valence-electron chi connectivity index (χ4n) is 1.80. The van der Waals surface area contributed by atoms with Crippen molar-refractivity contribution in [1.29, 1.82) is 0 Å². The molecule has 0 saturated carbocycles. The second-order valence-electron chi connectivity index (χ2n) is 3.86. The van der Waals surface area contributed by atoms with Crippen molar-refractivity contribution in [2.75, 3.05) is 6.61 Å². The molecule has 19 heavy (non-hydrogen) atoms. The van der Waals surface area contributed by atoms with E-state index in [2.05, 4.69) is 4.74 Å². The number of fused-ring (bicyclic) bond motifs is 1. The number of benzene rings is 1. The van der Waals surface area contributed by atoms with E-state index in [9.17, 15) is 14.4 Å². The molecule has 98 valence electrons. The normalized spacial score (nSPS) is 13.5. The molecule has 1 aromatic carbocycles. The maximum absolute atomic E-state index is 11.5. The summed E-state index contributed by atoms with van der Waals surface area (Å²) in [6.07, 6.45) is 3.31. The van der Waals surface area contributed by atoms with Gasteiger partial charge in [-0.05, 0) is 18.6 Å². The number of rotatable bonds is 4. The molecule has 1 aliphatic heterocycles. The summed E-state index contributed by atoms with van der Waals surface area (Å²) in [6.45, 7) is 2.06. The molecule has 0 aromatic heterocycles. The third-order valence-corrected chi connectivity index (χ3v) is 2.59. The van der Waals surface area contributed by atoms with Crippen molar-refractivity contribution in [3.05, 3.63) is 41.0 Å². The van der Waals surface area contributed by atoms with Crippen molar-refractivity contribution < 1.29 is 23.9 Å². The monoisotopic (exact) mass is 260 g/mol. The topological polar surface area (TPSA) is 69.7 Å². The van der Waals surface area contributed by atoms with Crippen molar-refractivity contribution in [1.82, 2.24) is 0 Å². The second kappa shape index (κ2) is 5.48. The van der Waals surface area contributed by atoms with Gasteiger partial charge in [-0.1, -0.05) is 24.3 Å². The van der Waals surface area contributed by atoms with Crippen LogP contribution in [0.4, 0.5) is 0 Å². The van der Waals surface area contributed by atoms with Crippen molar-refractivity contribution >= 4 is 24.0 Å². The summed E-state index contributed by atoms with van der Waals surface area (Å²) in [6, 6.07) is 4.87. The Labute approximate surface area is 109 Å². The van der Waals surface area contributed by atoms with Crippen molar-refractivity contribution in [3.63, 3.8) is 0 Å². The Morgan fingerprint density at radius 2 is 2.11 bits per heavy atom. The zero-order chi connectivity index (χ0) is 13.8. The largest absolute Gasteiger partial charge is 0.466 e. The Balaban J connectivity index is 2.19. The summed E-state index contributed by atoms with van der Waals surface area (Å²) in [7, 11) is 0. The molecule has 5 heteroatoms. The number of carbonyl (C=O) groups excluding carboxylic acids is 3. The van der Waals surface area contributed by atoms with Crippen LogP contribution in [0.1, 0.15) is 39.6 Å². The Kier molecular flexibility index (Phi) is 3.75. The average Bonchev–Trinajstić information content (AvgIpc) is 2.66. The maximum atomic E-state index is 11.5. The summed E-state index contributed by atoms with van der Waals surface area (Å²) < 4.78 is 9.31. The minimum Gasteiger partial charge on any atom is -0.466 e. The van der Waals surface area contributed by atoms with Crippen LogP contribution in [0, 0.1) is 0 Å². The highest BCUT2D eigenvalue weighted by atomic mass is 16.6. The molecule has 2 rings (SSSR count). The van der Waals surface area contributed by atoms with Gasteiger partial charge in [-0.25, -0.2) is 9.59 Å².